The fourth-order valence-electron chi connectivity index (χ4n) is 9.50. The summed E-state index contributed by atoms with van der Waals surface area (Å²) in [7, 11) is 0. The van der Waals surface area contributed by atoms with Crippen LogP contribution >= 0.6 is 0 Å². The van der Waals surface area contributed by atoms with E-state index in [9.17, 15) is 0 Å². The van der Waals surface area contributed by atoms with Crippen molar-refractivity contribution >= 4 is 60.7 Å². The highest BCUT2D eigenvalue weighted by molar-refractivity contribution is 6.09. The molecule has 5 nitrogen and oxygen atoms in total. The number of nitrogens with zero attached hydrogens (tertiary/aromatic N) is 4. The van der Waals surface area contributed by atoms with Crippen LogP contribution in [-0.4, -0.2) is 19.1 Å². The monoisotopic (exact) mass is 820 g/mol. The molecule has 64 heavy (non-hydrogen) atoms. The predicted molar refractivity (Wildman–Crippen MR) is 266 cm³/mol. The molecule has 0 spiro atoms. The van der Waals surface area contributed by atoms with Crippen molar-refractivity contribution in [3.8, 4) is 56.4 Å². The standard InChI is InChI=1S/C59H40N4O/c1-3-4-18-46-38(2)62(54-23-12-8-19-47(46)54)44-33-43(34-45(36-44)63-55-24-13-9-20-48(55)49-21-10-14-25-56(49)63)53-37-52(60-59(61-53)41-16-6-5-7-17-41)40-29-27-39(28-30-40)42-31-32-58-51(35-42)50-22-11-15-26-57(50)64-58/h3-37H,1H2,2H3/b18-4-. The molecule has 0 saturated carbocycles. The van der Waals surface area contributed by atoms with Crippen LogP contribution < -0.4 is 0 Å². The van der Waals surface area contributed by atoms with Gasteiger partial charge in [-0.15, -0.1) is 0 Å². The second-order valence-electron chi connectivity index (χ2n) is 16.3. The molecule has 0 N–H and O–H groups in total. The molecule has 0 amide bonds. The molecular formula is C59H40N4O. The van der Waals surface area contributed by atoms with E-state index in [4.69, 9.17) is 14.4 Å². The van der Waals surface area contributed by atoms with Crippen molar-refractivity contribution in [1.29, 1.82) is 0 Å². The van der Waals surface area contributed by atoms with E-state index in [1.54, 1.807) is 0 Å². The van der Waals surface area contributed by atoms with E-state index in [1.807, 2.05) is 42.5 Å². The summed E-state index contributed by atoms with van der Waals surface area (Å²) in [6.07, 6.45) is 6.00. The second-order valence-corrected chi connectivity index (χ2v) is 16.3. The lowest BCUT2D eigenvalue weighted by Crippen LogP contribution is -2.02. The Morgan fingerprint density at radius 1 is 0.438 bits per heavy atom. The summed E-state index contributed by atoms with van der Waals surface area (Å²) in [6.45, 7) is 6.17. The van der Waals surface area contributed by atoms with Crippen LogP contribution in [0.3, 0.4) is 0 Å². The summed E-state index contributed by atoms with van der Waals surface area (Å²) in [5, 5.41) is 5.83. The number of hydrogen-bond acceptors (Lipinski definition) is 3. The molecule has 0 aliphatic rings. The normalized spacial score (nSPS) is 11.8. The Labute approximate surface area is 370 Å². The minimum atomic E-state index is 0.665. The Morgan fingerprint density at radius 3 is 1.69 bits per heavy atom. The van der Waals surface area contributed by atoms with E-state index in [2.05, 4.69) is 193 Å². The Hall–Kier alpha value is -8.54. The zero-order chi connectivity index (χ0) is 42.7. The van der Waals surface area contributed by atoms with E-state index in [0.717, 1.165) is 100 Å². The molecule has 8 aromatic carbocycles. The highest BCUT2D eigenvalue weighted by Gasteiger charge is 2.20. The first-order chi connectivity index (χ1) is 31.6. The van der Waals surface area contributed by atoms with Gasteiger partial charge < -0.3 is 13.6 Å². The first-order valence-electron chi connectivity index (χ1n) is 21.6. The zero-order valence-corrected chi connectivity index (χ0v) is 35.1. The number of furan rings is 1. The summed E-state index contributed by atoms with van der Waals surface area (Å²) < 4.78 is 10.9. The van der Waals surface area contributed by atoms with Crippen LogP contribution in [0.1, 0.15) is 11.3 Å². The van der Waals surface area contributed by atoms with Crippen molar-refractivity contribution in [3.05, 3.63) is 224 Å². The molecule has 4 heterocycles. The lowest BCUT2D eigenvalue weighted by molar-refractivity contribution is 0.669. The van der Waals surface area contributed by atoms with Gasteiger partial charge in [0.05, 0.1) is 27.9 Å². The van der Waals surface area contributed by atoms with E-state index in [-0.39, 0.29) is 0 Å². The third kappa shape index (κ3) is 6.17. The van der Waals surface area contributed by atoms with E-state index >= 15 is 0 Å². The van der Waals surface area contributed by atoms with Gasteiger partial charge in [-0.3, -0.25) is 0 Å². The molecular weight excluding hydrogens is 781 g/mol. The van der Waals surface area contributed by atoms with Crippen LogP contribution in [-0.2, 0) is 0 Å². The molecule has 0 aliphatic carbocycles. The topological polar surface area (TPSA) is 48.8 Å². The molecule has 0 bridgehead atoms. The summed E-state index contributed by atoms with van der Waals surface area (Å²) >= 11 is 0. The summed E-state index contributed by atoms with van der Waals surface area (Å²) in [5.41, 5.74) is 16.4. The van der Waals surface area contributed by atoms with E-state index < -0.39 is 0 Å². The average molecular weight is 821 g/mol. The Bertz CT molecular complexity index is 3760. The molecule has 12 aromatic rings. The Kier molecular flexibility index (Phi) is 8.80. The van der Waals surface area contributed by atoms with Crippen molar-refractivity contribution in [2.75, 3.05) is 0 Å². The van der Waals surface area contributed by atoms with Crippen LogP contribution in [0, 0.1) is 6.92 Å². The number of benzene rings is 8. The van der Waals surface area contributed by atoms with Crippen molar-refractivity contribution in [2.24, 2.45) is 0 Å². The number of aromatic nitrogens is 4. The number of allylic oxidation sites excluding steroid dienone is 2. The Morgan fingerprint density at radius 2 is 0.984 bits per heavy atom. The Balaban J connectivity index is 1.07. The van der Waals surface area contributed by atoms with Gasteiger partial charge in [0.15, 0.2) is 5.82 Å². The van der Waals surface area contributed by atoms with Crippen molar-refractivity contribution < 1.29 is 4.42 Å². The van der Waals surface area contributed by atoms with Crippen molar-refractivity contribution in [2.45, 2.75) is 6.92 Å². The maximum absolute atomic E-state index is 6.13. The number of fused-ring (bicyclic) bond motifs is 7. The highest BCUT2D eigenvalue weighted by atomic mass is 16.3. The maximum atomic E-state index is 6.13. The third-order valence-electron chi connectivity index (χ3n) is 12.5. The number of para-hydroxylation sites is 4. The molecule has 5 heteroatoms. The van der Waals surface area contributed by atoms with Gasteiger partial charge in [-0.05, 0) is 78.7 Å². The fourth-order valence-corrected chi connectivity index (χ4v) is 9.50. The zero-order valence-electron chi connectivity index (χ0n) is 35.1. The van der Waals surface area contributed by atoms with Gasteiger partial charge in [0.25, 0.3) is 0 Å². The summed E-state index contributed by atoms with van der Waals surface area (Å²) in [5.74, 6) is 0.665. The largest absolute Gasteiger partial charge is 0.456 e. The second kappa shape index (κ2) is 15.1. The van der Waals surface area contributed by atoms with Crippen LogP contribution in [0.15, 0.2) is 217 Å². The molecule has 0 fully saturated rings. The predicted octanol–water partition coefficient (Wildman–Crippen LogP) is 15.6. The highest BCUT2D eigenvalue weighted by Crippen LogP contribution is 2.39. The van der Waals surface area contributed by atoms with Gasteiger partial charge in [-0.25, -0.2) is 9.97 Å². The smallest absolute Gasteiger partial charge is 0.160 e. The summed E-state index contributed by atoms with van der Waals surface area (Å²) in [6, 6.07) is 68.6. The van der Waals surface area contributed by atoms with Gasteiger partial charge in [0, 0.05) is 66.3 Å². The summed E-state index contributed by atoms with van der Waals surface area (Å²) in [4.78, 5) is 10.6. The minimum Gasteiger partial charge on any atom is -0.456 e. The van der Waals surface area contributed by atoms with Crippen LogP contribution in [0.2, 0.25) is 0 Å². The maximum Gasteiger partial charge on any atom is 0.160 e. The molecule has 12 rings (SSSR count). The van der Waals surface area contributed by atoms with E-state index in [1.165, 1.54) is 16.2 Å². The lowest BCUT2D eigenvalue weighted by atomic mass is 10.00. The molecule has 4 aromatic heterocycles. The number of hydrogen-bond donors (Lipinski definition) is 0. The van der Waals surface area contributed by atoms with Crippen LogP contribution in [0.25, 0.3) is 117 Å². The fraction of sp³-hybridized carbons (Fsp3) is 0.0169. The SMILES string of the molecule is C=C/C=C\c1c(C)n(-c2cc(-c3cc(-c4ccc(-c5ccc6oc7ccccc7c6c5)cc4)nc(-c4ccccc4)n3)cc(-n3c4ccccc4c4ccccc43)c2)c2ccccc12. The first kappa shape index (κ1) is 37.2. The van der Waals surface area contributed by atoms with Gasteiger partial charge in [-0.1, -0.05) is 158 Å². The van der Waals surface area contributed by atoms with E-state index in [0.29, 0.717) is 5.82 Å². The molecule has 302 valence electrons. The average Bonchev–Trinajstić information content (AvgIpc) is 4.00. The van der Waals surface area contributed by atoms with Gasteiger partial charge in [0.1, 0.15) is 11.2 Å². The van der Waals surface area contributed by atoms with Gasteiger partial charge in [-0.2, -0.15) is 0 Å². The quantitative estimate of drug-likeness (QED) is 0.143. The van der Waals surface area contributed by atoms with Crippen molar-refractivity contribution in [3.63, 3.8) is 0 Å². The minimum absolute atomic E-state index is 0.665. The molecule has 0 radical (unpaired) electrons. The van der Waals surface area contributed by atoms with Crippen molar-refractivity contribution in [1.82, 2.24) is 19.1 Å². The number of rotatable bonds is 8. The molecule has 0 unspecified atom stereocenters. The van der Waals surface area contributed by atoms with Gasteiger partial charge >= 0.3 is 0 Å². The van der Waals surface area contributed by atoms with Crippen LogP contribution in [0.4, 0.5) is 0 Å². The lowest BCUT2D eigenvalue weighted by Gasteiger charge is -2.17. The third-order valence-corrected chi connectivity index (χ3v) is 12.5. The van der Waals surface area contributed by atoms with Crippen LogP contribution in [0.5, 0.6) is 0 Å². The molecule has 0 atom stereocenters. The molecule has 0 aliphatic heterocycles. The first-order valence-corrected chi connectivity index (χ1v) is 21.6. The van der Waals surface area contributed by atoms with Gasteiger partial charge in [0.2, 0.25) is 0 Å². The molecule has 0 saturated heterocycles.